The fourth-order valence-corrected chi connectivity index (χ4v) is 3.20. The van der Waals surface area contributed by atoms with Crippen LogP contribution in [0.3, 0.4) is 0 Å². The summed E-state index contributed by atoms with van der Waals surface area (Å²) in [5.74, 6) is -0.180. The number of allylic oxidation sites excluding steroid dienone is 1. The van der Waals surface area contributed by atoms with Gasteiger partial charge in [-0.2, -0.15) is 5.26 Å². The molecular weight excluding hydrogens is 361 g/mol. The maximum atomic E-state index is 13.9. The minimum atomic E-state index is -0.180. The predicted molar refractivity (Wildman–Crippen MR) is 113 cm³/mol. The topological polar surface area (TPSA) is 45.9 Å². The van der Waals surface area contributed by atoms with Crippen molar-refractivity contribution in [3.8, 4) is 6.07 Å². The van der Waals surface area contributed by atoms with Gasteiger partial charge in [0.1, 0.15) is 22.4 Å². The average molecular weight is 388 g/mol. The van der Waals surface area contributed by atoms with Crippen LogP contribution >= 0.6 is 12.2 Å². The zero-order chi connectivity index (χ0) is 20.0. The molecule has 0 unspecified atom stereocenters. The molecule has 0 radical (unpaired) electrons. The van der Waals surface area contributed by atoms with Crippen LogP contribution in [0.4, 0.5) is 10.1 Å². The van der Waals surface area contributed by atoms with E-state index >= 15 is 0 Å². The Morgan fingerprint density at radius 3 is 2.67 bits per heavy atom. The fourth-order valence-electron chi connectivity index (χ4n) is 2.96. The van der Waals surface area contributed by atoms with E-state index in [-0.39, 0.29) is 5.82 Å². The number of nitrogens with zero attached hydrogens (tertiary/aromatic N) is 5. The van der Waals surface area contributed by atoms with Gasteiger partial charge in [-0.05, 0) is 38.0 Å². The van der Waals surface area contributed by atoms with Crippen LogP contribution in [-0.2, 0) is 0 Å². The standard InChI is InChI=1S/C20H26FN5S/c1-15-6-7-17(12-19(15)21)26-9-5-8-25(10-11-26)16(2)18(13-22)20(27)23-14-24(3)4/h6-7,12,14H,5,8-11H2,1-4H3. The fraction of sp³-hybridized carbons (Fsp3) is 0.450. The second-order valence-corrected chi connectivity index (χ2v) is 7.23. The summed E-state index contributed by atoms with van der Waals surface area (Å²) in [6.45, 7) is 6.85. The highest BCUT2D eigenvalue weighted by Gasteiger charge is 2.19. The molecule has 0 spiro atoms. The molecule has 0 aliphatic carbocycles. The van der Waals surface area contributed by atoms with E-state index in [2.05, 4.69) is 20.9 Å². The molecular formula is C20H26FN5S. The van der Waals surface area contributed by atoms with E-state index < -0.39 is 0 Å². The molecule has 144 valence electrons. The number of nitriles is 1. The Balaban J connectivity index is 2.14. The third-order valence-corrected chi connectivity index (χ3v) is 4.89. The van der Waals surface area contributed by atoms with Crippen LogP contribution < -0.4 is 4.90 Å². The largest absolute Gasteiger partial charge is 0.372 e. The Bertz CT molecular complexity index is 794. The van der Waals surface area contributed by atoms with E-state index in [0.29, 0.717) is 16.1 Å². The number of halogens is 1. The highest BCUT2D eigenvalue weighted by atomic mass is 32.1. The molecule has 1 aliphatic heterocycles. The molecule has 27 heavy (non-hydrogen) atoms. The third-order valence-electron chi connectivity index (χ3n) is 4.58. The number of thiocarbonyl (C=S) groups is 1. The Labute approximate surface area is 166 Å². The second kappa shape index (κ2) is 9.47. The molecule has 1 aromatic rings. The van der Waals surface area contributed by atoms with E-state index in [1.807, 2.05) is 33.2 Å². The smallest absolute Gasteiger partial charge is 0.147 e. The van der Waals surface area contributed by atoms with Crippen molar-refractivity contribution < 1.29 is 4.39 Å². The zero-order valence-corrected chi connectivity index (χ0v) is 17.2. The van der Waals surface area contributed by atoms with E-state index in [4.69, 9.17) is 12.2 Å². The van der Waals surface area contributed by atoms with Gasteiger partial charge in [-0.1, -0.05) is 18.3 Å². The molecule has 7 heteroatoms. The molecule has 0 aromatic heterocycles. The lowest BCUT2D eigenvalue weighted by Gasteiger charge is -2.26. The van der Waals surface area contributed by atoms with E-state index in [1.54, 1.807) is 24.2 Å². The molecule has 0 saturated carbocycles. The van der Waals surface area contributed by atoms with Crippen molar-refractivity contribution in [1.82, 2.24) is 9.80 Å². The van der Waals surface area contributed by atoms with E-state index in [1.165, 1.54) is 0 Å². The number of rotatable bonds is 4. The van der Waals surface area contributed by atoms with Gasteiger partial charge in [0.2, 0.25) is 0 Å². The van der Waals surface area contributed by atoms with E-state index in [0.717, 1.165) is 44.0 Å². The highest BCUT2D eigenvalue weighted by molar-refractivity contribution is 7.80. The van der Waals surface area contributed by atoms with Gasteiger partial charge in [0, 0.05) is 51.7 Å². The van der Waals surface area contributed by atoms with Gasteiger partial charge in [-0.15, -0.1) is 0 Å². The van der Waals surface area contributed by atoms with Crippen molar-refractivity contribution in [3.63, 3.8) is 0 Å². The van der Waals surface area contributed by atoms with Crippen molar-refractivity contribution >= 4 is 29.2 Å². The van der Waals surface area contributed by atoms with Crippen molar-refractivity contribution in [3.05, 3.63) is 40.8 Å². The minimum Gasteiger partial charge on any atom is -0.372 e. The first-order chi connectivity index (χ1) is 12.8. The first kappa shape index (κ1) is 20.8. The van der Waals surface area contributed by atoms with Crippen LogP contribution in [0, 0.1) is 24.1 Å². The number of hydrogen-bond donors (Lipinski definition) is 0. The van der Waals surface area contributed by atoms with Gasteiger partial charge < -0.3 is 14.7 Å². The maximum absolute atomic E-state index is 13.9. The summed E-state index contributed by atoms with van der Waals surface area (Å²) in [6, 6.07) is 7.57. The molecule has 1 saturated heterocycles. The van der Waals surface area contributed by atoms with Gasteiger partial charge in [-0.3, -0.25) is 0 Å². The molecule has 1 aliphatic rings. The number of aliphatic imine (C=N–C) groups is 1. The van der Waals surface area contributed by atoms with E-state index in [9.17, 15) is 9.65 Å². The van der Waals surface area contributed by atoms with Gasteiger partial charge in [0.05, 0.1) is 6.34 Å². The first-order valence-corrected chi connectivity index (χ1v) is 9.36. The highest BCUT2D eigenvalue weighted by Crippen LogP contribution is 2.22. The molecule has 0 amide bonds. The number of anilines is 1. The summed E-state index contributed by atoms with van der Waals surface area (Å²) in [4.78, 5) is 10.6. The molecule has 2 rings (SSSR count). The van der Waals surface area contributed by atoms with Crippen LogP contribution in [0.25, 0.3) is 0 Å². The molecule has 1 fully saturated rings. The van der Waals surface area contributed by atoms with Gasteiger partial charge in [-0.25, -0.2) is 9.38 Å². The Hall–Kier alpha value is -2.46. The average Bonchev–Trinajstić information content (AvgIpc) is 2.89. The van der Waals surface area contributed by atoms with Crippen LogP contribution in [0.15, 0.2) is 34.5 Å². The number of hydrogen-bond acceptors (Lipinski definition) is 4. The summed E-state index contributed by atoms with van der Waals surface area (Å²) in [7, 11) is 3.71. The quantitative estimate of drug-likeness (QED) is 0.261. The SMILES string of the molecule is CC(=C(C#N)C(=S)N=CN(C)C)N1CCCN(c2ccc(C)c(F)c2)CC1. The van der Waals surface area contributed by atoms with Crippen LogP contribution in [0.1, 0.15) is 18.9 Å². The number of aryl methyl sites for hydroxylation is 1. The van der Waals surface area contributed by atoms with Gasteiger partial charge >= 0.3 is 0 Å². The first-order valence-electron chi connectivity index (χ1n) is 8.95. The molecule has 0 atom stereocenters. The Kier molecular flexibility index (Phi) is 7.31. The van der Waals surface area contributed by atoms with Gasteiger partial charge in [0.25, 0.3) is 0 Å². The van der Waals surface area contributed by atoms with Gasteiger partial charge in [0.15, 0.2) is 0 Å². The van der Waals surface area contributed by atoms with Crippen LogP contribution in [0.2, 0.25) is 0 Å². The molecule has 1 heterocycles. The molecule has 0 N–H and O–H groups in total. The maximum Gasteiger partial charge on any atom is 0.147 e. The lowest BCUT2D eigenvalue weighted by Crippen LogP contribution is -2.30. The second-order valence-electron chi connectivity index (χ2n) is 6.85. The van der Waals surface area contributed by atoms with Crippen LogP contribution in [-0.4, -0.2) is 61.4 Å². The summed E-state index contributed by atoms with van der Waals surface area (Å²) >= 11 is 5.31. The molecule has 1 aromatic carbocycles. The number of benzene rings is 1. The normalized spacial score (nSPS) is 16.0. The van der Waals surface area contributed by atoms with Crippen molar-refractivity contribution in [2.75, 3.05) is 45.2 Å². The Morgan fingerprint density at radius 2 is 2.04 bits per heavy atom. The van der Waals surface area contributed by atoms with Crippen molar-refractivity contribution in [2.45, 2.75) is 20.3 Å². The molecule has 5 nitrogen and oxygen atoms in total. The predicted octanol–water partition coefficient (Wildman–Crippen LogP) is 3.36. The van der Waals surface area contributed by atoms with Crippen molar-refractivity contribution in [1.29, 1.82) is 5.26 Å². The molecule has 0 bridgehead atoms. The lowest BCUT2D eigenvalue weighted by molar-refractivity contribution is 0.369. The minimum absolute atomic E-state index is 0.180. The summed E-state index contributed by atoms with van der Waals surface area (Å²) < 4.78 is 13.9. The summed E-state index contributed by atoms with van der Waals surface area (Å²) in [5, 5.41) is 9.56. The van der Waals surface area contributed by atoms with Crippen LogP contribution in [0.5, 0.6) is 0 Å². The lowest BCUT2D eigenvalue weighted by atomic mass is 10.2. The Morgan fingerprint density at radius 1 is 1.30 bits per heavy atom. The monoisotopic (exact) mass is 387 g/mol. The van der Waals surface area contributed by atoms with Crippen molar-refractivity contribution in [2.24, 2.45) is 4.99 Å². The third kappa shape index (κ3) is 5.51. The zero-order valence-electron chi connectivity index (χ0n) is 16.4. The summed E-state index contributed by atoms with van der Waals surface area (Å²) in [5.41, 5.74) is 2.82. The summed E-state index contributed by atoms with van der Waals surface area (Å²) in [6.07, 6.45) is 2.52.